The van der Waals surface area contributed by atoms with Crippen LogP contribution in [0.2, 0.25) is 5.02 Å². The van der Waals surface area contributed by atoms with E-state index in [1.165, 1.54) is 0 Å². The molecule has 0 aliphatic rings. The molecule has 4 N–H and O–H groups in total. The summed E-state index contributed by atoms with van der Waals surface area (Å²) >= 11 is 6.02. The fraction of sp³-hybridized carbons (Fsp3) is 0.238. The van der Waals surface area contributed by atoms with Crippen LogP contribution in [0.1, 0.15) is 6.42 Å². The summed E-state index contributed by atoms with van der Waals surface area (Å²) in [5.41, 5.74) is 9.02. The molecule has 0 atom stereocenters. The fourth-order valence-electron chi connectivity index (χ4n) is 2.89. The number of benzene rings is 2. The van der Waals surface area contributed by atoms with Gasteiger partial charge in [0.15, 0.2) is 5.82 Å². The molecule has 2 aromatic carbocycles. The van der Waals surface area contributed by atoms with Crippen molar-refractivity contribution >= 4 is 29.1 Å². The molecule has 3 aromatic rings. The van der Waals surface area contributed by atoms with Gasteiger partial charge in [-0.25, -0.2) is 9.48 Å². The van der Waals surface area contributed by atoms with Crippen LogP contribution in [0.25, 0.3) is 16.9 Å². The quantitative estimate of drug-likeness (QED) is 0.514. The van der Waals surface area contributed by atoms with Crippen LogP contribution in [-0.4, -0.2) is 47.9 Å². The Balaban J connectivity index is 1.88. The number of nitrogens with two attached hydrogens (primary N) is 1. The smallest absolute Gasteiger partial charge is 0.319 e. The van der Waals surface area contributed by atoms with Gasteiger partial charge in [-0.3, -0.25) is 0 Å². The van der Waals surface area contributed by atoms with Gasteiger partial charge in [0.05, 0.1) is 5.69 Å². The molecule has 29 heavy (non-hydrogen) atoms. The average Bonchev–Trinajstić information content (AvgIpc) is 3.03. The molecule has 8 heteroatoms. The van der Waals surface area contributed by atoms with Crippen molar-refractivity contribution in [3.05, 3.63) is 59.6 Å². The Labute approximate surface area is 175 Å². The van der Waals surface area contributed by atoms with E-state index in [2.05, 4.69) is 20.6 Å². The van der Waals surface area contributed by atoms with Crippen molar-refractivity contribution in [2.24, 2.45) is 0 Å². The third-order valence-corrected chi connectivity index (χ3v) is 4.60. The van der Waals surface area contributed by atoms with Crippen LogP contribution in [-0.2, 0) is 0 Å². The Bertz CT molecular complexity index is 953. The highest BCUT2D eigenvalue weighted by molar-refractivity contribution is 6.30. The topological polar surface area (TPSA) is 88.2 Å². The third-order valence-electron chi connectivity index (χ3n) is 4.35. The first-order valence-corrected chi connectivity index (χ1v) is 9.73. The van der Waals surface area contributed by atoms with Gasteiger partial charge in [-0.2, -0.15) is 5.10 Å². The number of anilines is 2. The van der Waals surface area contributed by atoms with Crippen LogP contribution in [0.3, 0.4) is 0 Å². The van der Waals surface area contributed by atoms with Crippen molar-refractivity contribution in [1.82, 2.24) is 20.0 Å². The van der Waals surface area contributed by atoms with Crippen molar-refractivity contribution in [2.45, 2.75) is 6.42 Å². The lowest BCUT2D eigenvalue weighted by Gasteiger charge is -2.11. The molecule has 1 aromatic heterocycles. The van der Waals surface area contributed by atoms with Crippen molar-refractivity contribution in [3.63, 3.8) is 0 Å². The van der Waals surface area contributed by atoms with Crippen LogP contribution in [0.15, 0.2) is 54.6 Å². The van der Waals surface area contributed by atoms with Gasteiger partial charge in [-0.05, 0) is 51.3 Å². The molecule has 2 amide bonds. The Morgan fingerprint density at radius 1 is 1.14 bits per heavy atom. The number of nitrogen functional groups attached to an aromatic ring is 1. The van der Waals surface area contributed by atoms with E-state index in [0.29, 0.717) is 28.8 Å². The third kappa shape index (κ3) is 5.28. The second-order valence-corrected chi connectivity index (χ2v) is 7.34. The van der Waals surface area contributed by atoms with Crippen molar-refractivity contribution in [2.75, 3.05) is 38.2 Å². The number of halogens is 1. The highest BCUT2D eigenvalue weighted by atomic mass is 35.5. The molecule has 7 nitrogen and oxygen atoms in total. The highest BCUT2D eigenvalue weighted by Crippen LogP contribution is 2.34. The van der Waals surface area contributed by atoms with Gasteiger partial charge in [0.2, 0.25) is 0 Å². The van der Waals surface area contributed by atoms with E-state index in [1.807, 2.05) is 56.6 Å². The van der Waals surface area contributed by atoms with Crippen molar-refractivity contribution < 1.29 is 4.79 Å². The molecule has 0 spiro atoms. The Morgan fingerprint density at radius 2 is 1.83 bits per heavy atom. The van der Waals surface area contributed by atoms with Gasteiger partial charge < -0.3 is 21.3 Å². The molecule has 0 aliphatic carbocycles. The van der Waals surface area contributed by atoms with Crippen LogP contribution in [0.5, 0.6) is 0 Å². The first-order chi connectivity index (χ1) is 14.0. The van der Waals surface area contributed by atoms with Gasteiger partial charge in [-0.1, -0.05) is 41.9 Å². The Kier molecular flexibility index (Phi) is 6.74. The van der Waals surface area contributed by atoms with Crippen LogP contribution < -0.4 is 16.4 Å². The first kappa shape index (κ1) is 20.7. The first-order valence-electron chi connectivity index (χ1n) is 9.35. The van der Waals surface area contributed by atoms with Gasteiger partial charge >= 0.3 is 6.03 Å². The number of nitrogens with zero attached hydrogens (tertiary/aromatic N) is 3. The number of carbonyl (C=O) groups excluding carboxylic acids is 1. The summed E-state index contributed by atoms with van der Waals surface area (Å²) in [6, 6.07) is 16.5. The standard InChI is InChI=1S/C21H25ClN6O/c1-27(2)14-6-13-24-21(29)25-19-18(15-9-11-16(22)12-10-15)26-28(20(19)23)17-7-4-3-5-8-17/h3-5,7-12H,6,13-14,23H2,1-2H3,(H2,24,25,29). The lowest BCUT2D eigenvalue weighted by atomic mass is 10.1. The molecule has 0 unspecified atom stereocenters. The van der Waals surface area contributed by atoms with Gasteiger partial charge in [0.1, 0.15) is 11.4 Å². The zero-order valence-corrected chi connectivity index (χ0v) is 17.3. The molecule has 0 radical (unpaired) electrons. The molecule has 1 heterocycles. The summed E-state index contributed by atoms with van der Waals surface area (Å²) in [4.78, 5) is 14.5. The number of hydrogen-bond donors (Lipinski definition) is 3. The summed E-state index contributed by atoms with van der Waals surface area (Å²) < 4.78 is 1.62. The van der Waals surface area contributed by atoms with E-state index in [9.17, 15) is 4.79 Å². The number of para-hydroxylation sites is 1. The van der Waals surface area contributed by atoms with Gasteiger partial charge in [0.25, 0.3) is 0 Å². The summed E-state index contributed by atoms with van der Waals surface area (Å²) in [6.07, 6.45) is 0.850. The molecule has 152 valence electrons. The molecular formula is C21H25ClN6O. The van der Waals surface area contributed by atoms with Gasteiger partial charge in [-0.15, -0.1) is 0 Å². The highest BCUT2D eigenvalue weighted by Gasteiger charge is 2.20. The molecule has 0 fully saturated rings. The lowest BCUT2D eigenvalue weighted by molar-refractivity contribution is 0.251. The van der Waals surface area contributed by atoms with E-state index in [4.69, 9.17) is 17.3 Å². The van der Waals surface area contributed by atoms with E-state index < -0.39 is 0 Å². The molecule has 0 saturated carbocycles. The van der Waals surface area contributed by atoms with E-state index in [-0.39, 0.29) is 6.03 Å². The van der Waals surface area contributed by atoms with E-state index in [0.717, 1.165) is 24.2 Å². The lowest BCUT2D eigenvalue weighted by Crippen LogP contribution is -2.31. The van der Waals surface area contributed by atoms with Crippen molar-refractivity contribution in [1.29, 1.82) is 0 Å². The van der Waals surface area contributed by atoms with E-state index in [1.54, 1.807) is 16.8 Å². The van der Waals surface area contributed by atoms with Crippen molar-refractivity contribution in [3.8, 4) is 16.9 Å². The zero-order chi connectivity index (χ0) is 20.8. The number of aromatic nitrogens is 2. The number of hydrogen-bond acceptors (Lipinski definition) is 4. The summed E-state index contributed by atoms with van der Waals surface area (Å²) in [6.45, 7) is 1.46. The Morgan fingerprint density at radius 3 is 2.48 bits per heavy atom. The largest absolute Gasteiger partial charge is 0.382 e. The Hall–Kier alpha value is -3.03. The van der Waals surface area contributed by atoms with Gasteiger partial charge in [0, 0.05) is 17.1 Å². The normalized spacial score (nSPS) is 10.9. The molecule has 0 bridgehead atoms. The second-order valence-electron chi connectivity index (χ2n) is 6.90. The molecule has 3 rings (SSSR count). The minimum atomic E-state index is -0.321. The predicted octanol–water partition coefficient (Wildman–Crippen LogP) is 3.85. The molecular weight excluding hydrogens is 388 g/mol. The van der Waals surface area contributed by atoms with Crippen LogP contribution >= 0.6 is 11.6 Å². The van der Waals surface area contributed by atoms with Crippen LogP contribution in [0.4, 0.5) is 16.3 Å². The monoisotopic (exact) mass is 412 g/mol. The summed E-state index contributed by atoms with van der Waals surface area (Å²) in [5.74, 6) is 0.351. The summed E-state index contributed by atoms with van der Waals surface area (Å²) in [5, 5.41) is 11.0. The van der Waals surface area contributed by atoms with Crippen LogP contribution in [0, 0.1) is 0 Å². The fourth-order valence-corrected chi connectivity index (χ4v) is 3.01. The maximum atomic E-state index is 12.4. The predicted molar refractivity (Wildman–Crippen MR) is 119 cm³/mol. The zero-order valence-electron chi connectivity index (χ0n) is 16.5. The summed E-state index contributed by atoms with van der Waals surface area (Å²) in [7, 11) is 3.99. The molecule has 0 saturated heterocycles. The molecule has 0 aliphatic heterocycles. The number of rotatable bonds is 7. The minimum absolute atomic E-state index is 0.321. The maximum Gasteiger partial charge on any atom is 0.319 e. The average molecular weight is 413 g/mol. The second kappa shape index (κ2) is 9.45. The maximum absolute atomic E-state index is 12.4. The SMILES string of the molecule is CN(C)CCCNC(=O)Nc1c(-c2ccc(Cl)cc2)nn(-c2ccccc2)c1N. The number of nitrogens with one attached hydrogen (secondary N) is 2. The number of urea groups is 1. The number of amides is 2. The minimum Gasteiger partial charge on any atom is -0.382 e. The number of carbonyl (C=O) groups is 1. The van der Waals surface area contributed by atoms with E-state index >= 15 is 0 Å².